The first-order valence-corrected chi connectivity index (χ1v) is 12.3. The summed E-state index contributed by atoms with van der Waals surface area (Å²) in [6.07, 6.45) is 0. The van der Waals surface area contributed by atoms with Crippen molar-refractivity contribution in [2.75, 3.05) is 30.9 Å². The third-order valence-corrected chi connectivity index (χ3v) is 7.82. The molecule has 0 spiro atoms. The van der Waals surface area contributed by atoms with Crippen LogP contribution in [0.2, 0.25) is 0 Å². The summed E-state index contributed by atoms with van der Waals surface area (Å²) in [5.74, 6) is 0.350. The summed E-state index contributed by atoms with van der Waals surface area (Å²) < 4.78 is 40.8. The van der Waals surface area contributed by atoms with Crippen LogP contribution in [-0.4, -0.2) is 44.7 Å². The van der Waals surface area contributed by atoms with Crippen molar-refractivity contribution in [1.82, 2.24) is 9.13 Å². The average Bonchev–Trinajstić information content (AvgIpc) is 3.11. The molecular formula is C25H26N4O6S. The van der Waals surface area contributed by atoms with Gasteiger partial charge in [0.05, 0.1) is 35.8 Å². The number of rotatable bonds is 7. The number of aryl methyl sites for hydroxylation is 2. The summed E-state index contributed by atoms with van der Waals surface area (Å²) in [7, 11) is 3.80. The van der Waals surface area contributed by atoms with Crippen molar-refractivity contribution in [3.05, 3.63) is 76.7 Å². The number of methoxy groups -OCH3 is 2. The number of ether oxygens (including phenoxy) is 2. The summed E-state index contributed by atoms with van der Waals surface area (Å²) in [5, 5.41) is 2.81. The molecule has 1 heterocycles. The Labute approximate surface area is 208 Å². The van der Waals surface area contributed by atoms with E-state index in [1.807, 2.05) is 0 Å². The Hall–Kier alpha value is -4.25. The minimum Gasteiger partial charge on any atom is -0.493 e. The molecule has 4 aromatic rings. The number of hydrogen-bond donors (Lipinski definition) is 1. The van der Waals surface area contributed by atoms with Gasteiger partial charge in [0.1, 0.15) is 0 Å². The van der Waals surface area contributed by atoms with Crippen LogP contribution in [0, 0.1) is 0 Å². The number of carbonyl (C=O) groups is 1. The number of aromatic nitrogens is 2. The van der Waals surface area contributed by atoms with Crippen LogP contribution < -0.4 is 24.8 Å². The van der Waals surface area contributed by atoms with Crippen molar-refractivity contribution in [1.29, 1.82) is 0 Å². The Morgan fingerprint density at radius 2 is 1.50 bits per heavy atom. The van der Waals surface area contributed by atoms with Crippen molar-refractivity contribution in [3.8, 4) is 11.5 Å². The zero-order valence-corrected chi connectivity index (χ0v) is 21.3. The number of fused-ring (bicyclic) bond motifs is 1. The van der Waals surface area contributed by atoms with E-state index in [1.165, 1.54) is 48.6 Å². The van der Waals surface area contributed by atoms with E-state index < -0.39 is 10.0 Å². The number of benzene rings is 3. The van der Waals surface area contributed by atoms with Gasteiger partial charge in [0, 0.05) is 38.5 Å². The predicted octanol–water partition coefficient (Wildman–Crippen LogP) is 2.97. The Kier molecular flexibility index (Phi) is 6.51. The van der Waals surface area contributed by atoms with Gasteiger partial charge < -0.3 is 14.8 Å². The molecule has 0 radical (unpaired) electrons. The molecule has 1 amide bonds. The van der Waals surface area contributed by atoms with Gasteiger partial charge in [-0.1, -0.05) is 0 Å². The van der Waals surface area contributed by atoms with Crippen LogP contribution in [0.4, 0.5) is 11.4 Å². The quantitative estimate of drug-likeness (QED) is 0.409. The molecular weight excluding hydrogens is 484 g/mol. The van der Waals surface area contributed by atoms with Crippen molar-refractivity contribution < 1.29 is 22.7 Å². The molecule has 188 valence electrons. The molecule has 0 bridgehead atoms. The molecule has 0 fully saturated rings. The van der Waals surface area contributed by atoms with Gasteiger partial charge in [0.2, 0.25) is 0 Å². The highest BCUT2D eigenvalue weighted by Crippen LogP contribution is 2.31. The monoisotopic (exact) mass is 510 g/mol. The fourth-order valence-corrected chi connectivity index (χ4v) is 5.10. The van der Waals surface area contributed by atoms with E-state index in [2.05, 4.69) is 5.32 Å². The largest absolute Gasteiger partial charge is 0.493 e. The number of nitrogens with zero attached hydrogens (tertiary/aromatic N) is 3. The van der Waals surface area contributed by atoms with Crippen LogP contribution in [0.3, 0.4) is 0 Å². The topological polar surface area (TPSA) is 112 Å². The van der Waals surface area contributed by atoms with E-state index in [0.717, 1.165) is 9.82 Å². The fraction of sp³-hybridized carbons (Fsp3) is 0.200. The number of sulfonamides is 1. The molecule has 1 aromatic heterocycles. The van der Waals surface area contributed by atoms with E-state index in [9.17, 15) is 18.0 Å². The zero-order valence-electron chi connectivity index (χ0n) is 20.5. The number of imidazole rings is 1. The lowest BCUT2D eigenvalue weighted by atomic mass is 10.2. The molecule has 0 atom stereocenters. The molecule has 1 N–H and O–H groups in total. The maximum absolute atomic E-state index is 13.1. The predicted molar refractivity (Wildman–Crippen MR) is 138 cm³/mol. The summed E-state index contributed by atoms with van der Waals surface area (Å²) in [6.45, 7) is 0. The van der Waals surface area contributed by atoms with Crippen molar-refractivity contribution in [2.45, 2.75) is 4.90 Å². The Balaban J connectivity index is 1.54. The van der Waals surface area contributed by atoms with Crippen LogP contribution in [0.15, 0.2) is 70.4 Å². The standard InChI is InChI=1S/C25H26N4O6S/c1-27-20-12-8-17(14-21(20)28(2)25(27)31)26-24(30)16-6-9-18(10-7-16)29(3)36(32,33)19-11-13-22(34-4)23(15-19)35-5/h6-15H,1-5H3,(H,26,30). The highest BCUT2D eigenvalue weighted by Gasteiger charge is 2.23. The van der Waals surface area contributed by atoms with Crippen LogP contribution >= 0.6 is 0 Å². The zero-order chi connectivity index (χ0) is 26.2. The van der Waals surface area contributed by atoms with Gasteiger partial charge >= 0.3 is 5.69 Å². The molecule has 0 aliphatic heterocycles. The third kappa shape index (κ3) is 4.29. The minimum atomic E-state index is -3.89. The van der Waals surface area contributed by atoms with E-state index in [1.54, 1.807) is 56.6 Å². The van der Waals surface area contributed by atoms with Gasteiger partial charge in [-0.3, -0.25) is 18.2 Å². The normalized spacial score (nSPS) is 11.4. The van der Waals surface area contributed by atoms with Crippen LogP contribution in [-0.2, 0) is 24.1 Å². The Bertz CT molecular complexity index is 1620. The van der Waals surface area contributed by atoms with Crippen molar-refractivity contribution in [2.24, 2.45) is 14.1 Å². The van der Waals surface area contributed by atoms with Gasteiger partial charge in [0.25, 0.3) is 15.9 Å². The third-order valence-electron chi connectivity index (χ3n) is 6.04. The summed E-state index contributed by atoms with van der Waals surface area (Å²) in [4.78, 5) is 25.0. The molecule has 0 aliphatic rings. The van der Waals surface area contributed by atoms with Gasteiger partial charge in [-0.05, 0) is 54.6 Å². The molecule has 36 heavy (non-hydrogen) atoms. The minimum absolute atomic E-state index is 0.0372. The highest BCUT2D eigenvalue weighted by molar-refractivity contribution is 7.92. The molecule has 4 rings (SSSR count). The number of hydrogen-bond acceptors (Lipinski definition) is 6. The second kappa shape index (κ2) is 9.42. The molecule has 0 aliphatic carbocycles. The van der Waals surface area contributed by atoms with Gasteiger partial charge in [-0.15, -0.1) is 0 Å². The van der Waals surface area contributed by atoms with E-state index in [4.69, 9.17) is 9.47 Å². The fourth-order valence-electron chi connectivity index (χ4n) is 3.88. The smallest absolute Gasteiger partial charge is 0.328 e. The summed E-state index contributed by atoms with van der Waals surface area (Å²) in [5.41, 5.74) is 2.54. The molecule has 0 unspecified atom stereocenters. The molecule has 11 heteroatoms. The SMILES string of the molecule is COc1ccc(S(=O)(=O)N(C)c2ccc(C(=O)Nc3ccc4c(c3)n(C)c(=O)n4C)cc2)cc1OC. The van der Waals surface area contributed by atoms with Crippen LogP contribution in [0.5, 0.6) is 11.5 Å². The molecule has 10 nitrogen and oxygen atoms in total. The maximum atomic E-state index is 13.1. The highest BCUT2D eigenvalue weighted by atomic mass is 32.2. The number of carbonyl (C=O) groups excluding carboxylic acids is 1. The summed E-state index contributed by atoms with van der Waals surface area (Å²) in [6, 6.07) is 15.8. The van der Waals surface area contributed by atoms with E-state index in [0.29, 0.717) is 34.0 Å². The lowest BCUT2D eigenvalue weighted by Gasteiger charge is -2.20. The average molecular weight is 511 g/mol. The van der Waals surface area contributed by atoms with Gasteiger partial charge in [-0.25, -0.2) is 13.2 Å². The molecule has 0 saturated heterocycles. The van der Waals surface area contributed by atoms with E-state index in [-0.39, 0.29) is 16.5 Å². The Morgan fingerprint density at radius 3 is 2.14 bits per heavy atom. The van der Waals surface area contributed by atoms with Crippen molar-refractivity contribution in [3.63, 3.8) is 0 Å². The first-order valence-electron chi connectivity index (χ1n) is 10.9. The second-order valence-electron chi connectivity index (χ2n) is 8.09. The van der Waals surface area contributed by atoms with Gasteiger partial charge in [-0.2, -0.15) is 0 Å². The summed E-state index contributed by atoms with van der Waals surface area (Å²) >= 11 is 0. The first kappa shape index (κ1) is 24.9. The van der Waals surface area contributed by atoms with Crippen LogP contribution in [0.25, 0.3) is 11.0 Å². The Morgan fingerprint density at radius 1 is 0.861 bits per heavy atom. The molecule has 3 aromatic carbocycles. The number of anilines is 2. The van der Waals surface area contributed by atoms with E-state index >= 15 is 0 Å². The molecule has 0 saturated carbocycles. The number of amides is 1. The number of nitrogens with one attached hydrogen (secondary N) is 1. The first-order chi connectivity index (χ1) is 17.1. The second-order valence-corrected chi connectivity index (χ2v) is 10.1. The van der Waals surface area contributed by atoms with Crippen LogP contribution in [0.1, 0.15) is 10.4 Å². The lowest BCUT2D eigenvalue weighted by molar-refractivity contribution is 0.102. The maximum Gasteiger partial charge on any atom is 0.328 e. The lowest BCUT2D eigenvalue weighted by Crippen LogP contribution is -2.26. The van der Waals surface area contributed by atoms with Gasteiger partial charge in [0.15, 0.2) is 11.5 Å². The van der Waals surface area contributed by atoms with Crippen molar-refractivity contribution >= 4 is 38.3 Å².